The average Bonchev–Trinajstić information content (AvgIpc) is 2.45. The van der Waals surface area contributed by atoms with Crippen molar-refractivity contribution in [1.29, 1.82) is 0 Å². The number of rotatable bonds is 2. The summed E-state index contributed by atoms with van der Waals surface area (Å²) in [5, 5.41) is 6.61. The highest BCUT2D eigenvalue weighted by Crippen LogP contribution is 2.11. The number of ether oxygens (including phenoxy) is 1. The number of carbonyl (C=O) groups is 1. The number of aryl methyl sites for hydroxylation is 1. The molecule has 0 aliphatic carbocycles. The zero-order chi connectivity index (χ0) is 9.14. The number of nitrogens with zero attached hydrogens (tertiary/aromatic N) is 1. The summed E-state index contributed by atoms with van der Waals surface area (Å²) in [7, 11) is 1.35. The third-order valence-electron chi connectivity index (χ3n) is 1.81. The van der Waals surface area contributed by atoms with Gasteiger partial charge in [-0.25, -0.2) is 4.79 Å². The molecule has 1 aromatic rings. The molecule has 1 heterocycles. The summed E-state index contributed by atoms with van der Waals surface area (Å²) in [6.45, 7) is 3.86. The van der Waals surface area contributed by atoms with E-state index in [0.29, 0.717) is 5.69 Å². The largest absolute Gasteiger partial charge is 0.464 e. The normalized spacial score (nSPS) is 9.92. The van der Waals surface area contributed by atoms with Gasteiger partial charge in [0.1, 0.15) is 0 Å². The van der Waals surface area contributed by atoms with Gasteiger partial charge < -0.3 is 4.74 Å². The summed E-state index contributed by atoms with van der Waals surface area (Å²) >= 11 is 0. The van der Waals surface area contributed by atoms with E-state index in [4.69, 9.17) is 0 Å². The lowest BCUT2D eigenvalue weighted by Gasteiger charge is -1.97. The Balaban J connectivity index is 3.07. The maximum atomic E-state index is 11.1. The van der Waals surface area contributed by atoms with Crippen molar-refractivity contribution >= 4 is 5.97 Å². The minimum absolute atomic E-state index is 0.379. The van der Waals surface area contributed by atoms with Gasteiger partial charge in [0.25, 0.3) is 0 Å². The number of esters is 1. The Morgan fingerprint density at radius 1 is 1.67 bits per heavy atom. The fourth-order valence-electron chi connectivity index (χ4n) is 1.15. The van der Waals surface area contributed by atoms with E-state index in [-0.39, 0.29) is 5.97 Å². The minimum atomic E-state index is -0.379. The molecule has 0 aliphatic heterocycles. The zero-order valence-corrected chi connectivity index (χ0v) is 7.47. The predicted octanol–water partition coefficient (Wildman–Crippen LogP) is 1.07. The molecule has 0 aliphatic rings. The van der Waals surface area contributed by atoms with Crippen LogP contribution in [0.15, 0.2) is 0 Å². The van der Waals surface area contributed by atoms with E-state index in [1.807, 2.05) is 13.8 Å². The molecule has 0 bridgehead atoms. The second-order valence-corrected chi connectivity index (χ2v) is 2.52. The molecule has 0 saturated carbocycles. The lowest BCUT2D eigenvalue weighted by Crippen LogP contribution is -2.04. The van der Waals surface area contributed by atoms with Crippen LogP contribution in [0.3, 0.4) is 0 Å². The number of hydrogen-bond acceptors (Lipinski definition) is 3. The highest BCUT2D eigenvalue weighted by atomic mass is 16.5. The van der Waals surface area contributed by atoms with Crippen LogP contribution < -0.4 is 0 Å². The first-order valence-corrected chi connectivity index (χ1v) is 3.82. The van der Waals surface area contributed by atoms with Crippen LogP contribution in [-0.2, 0) is 11.2 Å². The molecule has 0 radical (unpaired) electrons. The van der Waals surface area contributed by atoms with E-state index >= 15 is 0 Å². The summed E-state index contributed by atoms with van der Waals surface area (Å²) < 4.78 is 4.57. The van der Waals surface area contributed by atoms with Crippen LogP contribution in [0.2, 0.25) is 0 Å². The zero-order valence-electron chi connectivity index (χ0n) is 7.47. The Bertz CT molecular complexity index is 291. The summed E-state index contributed by atoms with van der Waals surface area (Å²) in [6, 6.07) is 0. The molecular weight excluding hydrogens is 156 g/mol. The fourth-order valence-corrected chi connectivity index (χ4v) is 1.15. The minimum Gasteiger partial charge on any atom is -0.464 e. The molecule has 1 aromatic heterocycles. The molecule has 0 unspecified atom stereocenters. The van der Waals surface area contributed by atoms with Gasteiger partial charge in [-0.2, -0.15) is 5.10 Å². The maximum absolute atomic E-state index is 11.1. The Kier molecular flexibility index (Phi) is 2.47. The topological polar surface area (TPSA) is 55.0 Å². The Morgan fingerprint density at radius 2 is 2.33 bits per heavy atom. The summed E-state index contributed by atoms with van der Waals surface area (Å²) in [6.07, 6.45) is 0.784. The molecule has 0 aromatic carbocycles. The van der Waals surface area contributed by atoms with Gasteiger partial charge in [-0.15, -0.1) is 0 Å². The third-order valence-corrected chi connectivity index (χ3v) is 1.81. The first-order valence-electron chi connectivity index (χ1n) is 3.82. The smallest absolute Gasteiger partial charge is 0.358 e. The van der Waals surface area contributed by atoms with Crippen molar-refractivity contribution in [2.45, 2.75) is 20.3 Å². The van der Waals surface area contributed by atoms with E-state index < -0.39 is 0 Å². The number of methoxy groups -OCH3 is 1. The average molecular weight is 168 g/mol. The first-order chi connectivity index (χ1) is 5.70. The van der Waals surface area contributed by atoms with Crippen molar-refractivity contribution in [3.63, 3.8) is 0 Å². The Hall–Kier alpha value is -1.32. The Labute approximate surface area is 70.9 Å². The van der Waals surface area contributed by atoms with Gasteiger partial charge in [-0.05, 0) is 13.3 Å². The van der Waals surface area contributed by atoms with Gasteiger partial charge in [0.15, 0.2) is 5.69 Å². The first kappa shape index (κ1) is 8.77. The molecule has 12 heavy (non-hydrogen) atoms. The summed E-state index contributed by atoms with van der Waals surface area (Å²) in [5.41, 5.74) is 2.26. The highest BCUT2D eigenvalue weighted by Gasteiger charge is 2.15. The SMILES string of the molecule is CCc1c(C(=O)OC)n[nH]c1C. The monoisotopic (exact) mass is 168 g/mol. The van der Waals surface area contributed by atoms with Gasteiger partial charge in [-0.3, -0.25) is 5.10 Å². The number of H-pyrrole nitrogens is 1. The standard InChI is InChI=1S/C8H12N2O2/c1-4-6-5(2)9-10-7(6)8(11)12-3/h4H2,1-3H3,(H,9,10). The van der Waals surface area contributed by atoms with E-state index in [9.17, 15) is 4.79 Å². The molecule has 1 rings (SSSR count). The molecule has 4 nitrogen and oxygen atoms in total. The van der Waals surface area contributed by atoms with Gasteiger partial charge >= 0.3 is 5.97 Å². The van der Waals surface area contributed by atoms with Crippen LogP contribution in [0.1, 0.15) is 28.7 Å². The van der Waals surface area contributed by atoms with E-state index in [2.05, 4.69) is 14.9 Å². The maximum Gasteiger partial charge on any atom is 0.358 e. The van der Waals surface area contributed by atoms with Crippen molar-refractivity contribution < 1.29 is 9.53 Å². The number of carbonyl (C=O) groups excluding carboxylic acids is 1. The lowest BCUT2D eigenvalue weighted by atomic mass is 10.1. The Morgan fingerprint density at radius 3 is 2.83 bits per heavy atom. The van der Waals surface area contributed by atoms with Crippen LogP contribution in [0.4, 0.5) is 0 Å². The lowest BCUT2D eigenvalue weighted by molar-refractivity contribution is 0.0593. The van der Waals surface area contributed by atoms with Crippen molar-refractivity contribution in [1.82, 2.24) is 10.2 Å². The van der Waals surface area contributed by atoms with Crippen LogP contribution in [-0.4, -0.2) is 23.3 Å². The molecule has 1 N–H and O–H groups in total. The van der Waals surface area contributed by atoms with Crippen LogP contribution in [0, 0.1) is 6.92 Å². The van der Waals surface area contributed by atoms with Gasteiger partial charge in [0.2, 0.25) is 0 Å². The molecule has 66 valence electrons. The van der Waals surface area contributed by atoms with E-state index in [1.54, 1.807) is 0 Å². The molecule has 0 atom stereocenters. The van der Waals surface area contributed by atoms with Crippen LogP contribution in [0.5, 0.6) is 0 Å². The van der Waals surface area contributed by atoms with Crippen molar-refractivity contribution in [2.75, 3.05) is 7.11 Å². The summed E-state index contributed by atoms with van der Waals surface area (Å²) in [4.78, 5) is 11.1. The van der Waals surface area contributed by atoms with E-state index in [1.165, 1.54) is 7.11 Å². The second kappa shape index (κ2) is 3.38. The number of aromatic amines is 1. The second-order valence-electron chi connectivity index (χ2n) is 2.52. The quantitative estimate of drug-likeness (QED) is 0.672. The molecule has 4 heteroatoms. The van der Waals surface area contributed by atoms with Crippen molar-refractivity contribution in [3.8, 4) is 0 Å². The van der Waals surface area contributed by atoms with Crippen LogP contribution >= 0.6 is 0 Å². The molecule has 0 amide bonds. The fraction of sp³-hybridized carbons (Fsp3) is 0.500. The number of nitrogens with one attached hydrogen (secondary N) is 1. The molecule has 0 saturated heterocycles. The predicted molar refractivity (Wildman–Crippen MR) is 44.0 cm³/mol. The number of hydrogen-bond donors (Lipinski definition) is 1. The summed E-state index contributed by atoms with van der Waals surface area (Å²) in [5.74, 6) is -0.379. The molecule has 0 spiro atoms. The van der Waals surface area contributed by atoms with Crippen molar-refractivity contribution in [2.24, 2.45) is 0 Å². The highest BCUT2D eigenvalue weighted by molar-refractivity contribution is 5.89. The van der Waals surface area contributed by atoms with Crippen LogP contribution in [0.25, 0.3) is 0 Å². The molecular formula is C8H12N2O2. The van der Waals surface area contributed by atoms with Crippen molar-refractivity contribution in [3.05, 3.63) is 17.0 Å². The van der Waals surface area contributed by atoms with Gasteiger partial charge in [-0.1, -0.05) is 6.92 Å². The number of aromatic nitrogens is 2. The third kappa shape index (κ3) is 1.32. The molecule has 0 fully saturated rings. The van der Waals surface area contributed by atoms with Gasteiger partial charge in [0, 0.05) is 11.3 Å². The van der Waals surface area contributed by atoms with Gasteiger partial charge in [0.05, 0.1) is 7.11 Å². The van der Waals surface area contributed by atoms with E-state index in [0.717, 1.165) is 17.7 Å².